The standard InChI is InChI=1S/C29H49N3O/c1-28(2)18-23-13-14-24(25(28)17-23)20-32-26(33)29(31-27(32)30,19-22-11-7-4-8-12-22)16-15-21-9-5-3-6-10-21/h14,21-23,25-26,33H,3-13,15-20H2,1-2H3,(H2,30,31)/t23-,25-,26?,29+/m0/s1. The highest BCUT2D eigenvalue weighted by molar-refractivity contribution is 5.81. The van der Waals surface area contributed by atoms with Crippen LogP contribution in [0.2, 0.25) is 0 Å². The predicted octanol–water partition coefficient (Wildman–Crippen LogP) is 6.39. The first-order valence-electron chi connectivity index (χ1n) is 14.4. The first kappa shape index (κ1) is 23.7. The van der Waals surface area contributed by atoms with E-state index < -0.39 is 11.8 Å². The zero-order valence-corrected chi connectivity index (χ0v) is 21.4. The number of rotatable bonds is 7. The maximum absolute atomic E-state index is 11.9. The molecule has 0 aromatic carbocycles. The fourth-order valence-corrected chi connectivity index (χ4v) is 8.48. The van der Waals surface area contributed by atoms with Crippen molar-refractivity contribution in [3.8, 4) is 0 Å². The number of fused-ring (bicyclic) bond motifs is 2. The van der Waals surface area contributed by atoms with E-state index >= 15 is 0 Å². The van der Waals surface area contributed by atoms with Crippen LogP contribution in [0.1, 0.15) is 117 Å². The highest BCUT2D eigenvalue weighted by Gasteiger charge is 2.50. The summed E-state index contributed by atoms with van der Waals surface area (Å²) >= 11 is 0. The number of nitrogens with two attached hydrogens (primary N) is 1. The third-order valence-corrected chi connectivity index (χ3v) is 10.3. The van der Waals surface area contributed by atoms with Gasteiger partial charge >= 0.3 is 0 Å². The van der Waals surface area contributed by atoms with Gasteiger partial charge in [0.2, 0.25) is 0 Å². The van der Waals surface area contributed by atoms with Crippen LogP contribution in [0.5, 0.6) is 0 Å². The lowest BCUT2D eigenvalue weighted by Crippen LogP contribution is -2.50. The zero-order valence-electron chi connectivity index (χ0n) is 21.4. The molecule has 2 bridgehead atoms. The van der Waals surface area contributed by atoms with Crippen molar-refractivity contribution in [3.05, 3.63) is 11.6 Å². The van der Waals surface area contributed by atoms with Gasteiger partial charge in [0.05, 0.1) is 0 Å². The minimum absolute atomic E-state index is 0.365. The molecule has 186 valence electrons. The second-order valence-corrected chi connectivity index (χ2v) is 13.2. The SMILES string of the molecule is CC1(C)C[C@H]2CC=C(CN3C(N)=N[C@](CCC4CCCCC4)(CC4CCCCC4)C3O)[C@@H]1C2. The minimum Gasteiger partial charge on any atom is -0.371 e. The summed E-state index contributed by atoms with van der Waals surface area (Å²) < 4.78 is 0. The second-order valence-electron chi connectivity index (χ2n) is 13.2. The summed E-state index contributed by atoms with van der Waals surface area (Å²) in [5.74, 6) is 3.59. The van der Waals surface area contributed by atoms with E-state index in [0.717, 1.165) is 31.2 Å². The maximum atomic E-state index is 11.9. The zero-order chi connectivity index (χ0) is 23.1. The third kappa shape index (κ3) is 4.88. The molecule has 0 aromatic rings. The summed E-state index contributed by atoms with van der Waals surface area (Å²) in [6, 6.07) is 0. The quantitative estimate of drug-likeness (QED) is 0.437. The number of aliphatic imine (C=N–C) groups is 1. The van der Waals surface area contributed by atoms with Crippen LogP contribution < -0.4 is 5.73 Å². The maximum Gasteiger partial charge on any atom is 0.194 e. The van der Waals surface area contributed by atoms with Crippen molar-refractivity contribution in [2.45, 2.75) is 128 Å². The van der Waals surface area contributed by atoms with Crippen LogP contribution in [0.25, 0.3) is 0 Å². The molecule has 5 aliphatic rings. The molecule has 3 fully saturated rings. The first-order valence-corrected chi connectivity index (χ1v) is 14.4. The van der Waals surface area contributed by atoms with Gasteiger partial charge in [-0.15, -0.1) is 0 Å². The van der Waals surface area contributed by atoms with E-state index in [-0.39, 0.29) is 0 Å². The number of aliphatic hydroxyl groups is 1. The summed E-state index contributed by atoms with van der Waals surface area (Å²) in [4.78, 5) is 7.25. The van der Waals surface area contributed by atoms with Gasteiger partial charge in [0.1, 0.15) is 5.54 Å². The van der Waals surface area contributed by atoms with Gasteiger partial charge in [-0.25, -0.2) is 4.99 Å². The molecular formula is C29H49N3O. The molecule has 0 saturated heterocycles. The molecule has 4 atom stereocenters. The van der Waals surface area contributed by atoms with Crippen molar-refractivity contribution in [1.29, 1.82) is 0 Å². The minimum atomic E-state index is -0.564. The van der Waals surface area contributed by atoms with Gasteiger partial charge in [-0.3, -0.25) is 0 Å². The molecule has 3 N–H and O–H groups in total. The van der Waals surface area contributed by atoms with E-state index in [0.29, 0.717) is 23.2 Å². The lowest BCUT2D eigenvalue weighted by atomic mass is 9.74. The molecule has 1 unspecified atom stereocenters. The fourth-order valence-electron chi connectivity index (χ4n) is 8.48. The van der Waals surface area contributed by atoms with Gasteiger partial charge in [-0.05, 0) is 67.6 Å². The predicted molar refractivity (Wildman–Crippen MR) is 137 cm³/mol. The van der Waals surface area contributed by atoms with Gasteiger partial charge in [-0.2, -0.15) is 0 Å². The van der Waals surface area contributed by atoms with E-state index in [2.05, 4.69) is 24.8 Å². The summed E-state index contributed by atoms with van der Waals surface area (Å²) in [5.41, 5.74) is 8.10. The number of hydrogen-bond donors (Lipinski definition) is 2. The Morgan fingerprint density at radius 2 is 1.70 bits per heavy atom. The Bertz CT molecular complexity index is 746. The van der Waals surface area contributed by atoms with Gasteiger partial charge in [0.15, 0.2) is 12.2 Å². The lowest BCUT2D eigenvalue weighted by molar-refractivity contribution is -0.0115. The van der Waals surface area contributed by atoms with Crippen molar-refractivity contribution in [2.75, 3.05) is 6.54 Å². The molecule has 4 aliphatic carbocycles. The number of hydrogen-bond acceptors (Lipinski definition) is 4. The number of aliphatic hydroxyl groups excluding tert-OH is 1. The highest BCUT2D eigenvalue weighted by Crippen LogP contribution is 2.54. The molecular weight excluding hydrogens is 406 g/mol. The summed E-state index contributed by atoms with van der Waals surface area (Å²) in [6.07, 6.45) is 22.5. The van der Waals surface area contributed by atoms with Crippen LogP contribution in [0.4, 0.5) is 0 Å². The van der Waals surface area contributed by atoms with E-state index in [4.69, 9.17) is 10.7 Å². The molecule has 0 amide bonds. The van der Waals surface area contributed by atoms with Gasteiger partial charge in [-0.1, -0.05) is 89.7 Å². The third-order valence-electron chi connectivity index (χ3n) is 10.3. The first-order chi connectivity index (χ1) is 15.9. The van der Waals surface area contributed by atoms with Crippen LogP contribution in [0.3, 0.4) is 0 Å². The van der Waals surface area contributed by atoms with Crippen LogP contribution in [0, 0.1) is 29.1 Å². The number of nitrogens with zero attached hydrogens (tertiary/aromatic N) is 2. The largest absolute Gasteiger partial charge is 0.371 e. The normalized spacial score (nSPS) is 37.3. The summed E-state index contributed by atoms with van der Waals surface area (Å²) in [5, 5.41) is 11.9. The fraction of sp³-hybridized carbons (Fsp3) is 0.897. The molecule has 4 nitrogen and oxygen atoms in total. The van der Waals surface area contributed by atoms with Gasteiger partial charge in [0, 0.05) is 6.54 Å². The van der Waals surface area contributed by atoms with Gasteiger partial charge < -0.3 is 15.7 Å². The van der Waals surface area contributed by atoms with Crippen molar-refractivity contribution in [1.82, 2.24) is 4.90 Å². The topological polar surface area (TPSA) is 61.8 Å². The molecule has 1 aliphatic heterocycles. The van der Waals surface area contributed by atoms with E-state index in [1.165, 1.54) is 95.5 Å². The van der Waals surface area contributed by atoms with Crippen LogP contribution in [-0.2, 0) is 0 Å². The van der Waals surface area contributed by atoms with Crippen molar-refractivity contribution < 1.29 is 5.11 Å². The Morgan fingerprint density at radius 1 is 1.03 bits per heavy atom. The average molecular weight is 456 g/mol. The molecule has 0 aromatic heterocycles. The molecule has 3 saturated carbocycles. The van der Waals surface area contributed by atoms with Crippen LogP contribution in [-0.4, -0.2) is 34.3 Å². The Labute approximate surface area is 202 Å². The molecule has 33 heavy (non-hydrogen) atoms. The Balaban J connectivity index is 1.33. The average Bonchev–Trinajstić information content (AvgIpc) is 3.19. The van der Waals surface area contributed by atoms with Crippen molar-refractivity contribution in [3.63, 3.8) is 0 Å². The van der Waals surface area contributed by atoms with Crippen LogP contribution in [0.15, 0.2) is 16.6 Å². The molecule has 5 rings (SSSR count). The monoisotopic (exact) mass is 455 g/mol. The van der Waals surface area contributed by atoms with Crippen molar-refractivity contribution in [2.24, 2.45) is 39.8 Å². The Kier molecular flexibility index (Phi) is 6.86. The summed E-state index contributed by atoms with van der Waals surface area (Å²) in [6.45, 7) is 5.64. The molecule has 0 spiro atoms. The molecule has 1 heterocycles. The van der Waals surface area contributed by atoms with Crippen molar-refractivity contribution >= 4 is 5.96 Å². The molecule has 4 heteroatoms. The number of allylic oxidation sites excluding steroid dienone is 1. The van der Waals surface area contributed by atoms with Gasteiger partial charge in [0.25, 0.3) is 0 Å². The van der Waals surface area contributed by atoms with E-state index in [9.17, 15) is 5.11 Å². The lowest BCUT2D eigenvalue weighted by Gasteiger charge is -2.39. The smallest absolute Gasteiger partial charge is 0.194 e. The number of guanidine groups is 1. The molecule has 0 radical (unpaired) electrons. The Hall–Kier alpha value is -1.03. The Morgan fingerprint density at radius 3 is 2.39 bits per heavy atom. The van der Waals surface area contributed by atoms with E-state index in [1.807, 2.05) is 0 Å². The highest BCUT2D eigenvalue weighted by atomic mass is 16.3. The second kappa shape index (κ2) is 9.55. The van der Waals surface area contributed by atoms with Crippen LogP contribution >= 0.6 is 0 Å². The van der Waals surface area contributed by atoms with E-state index in [1.54, 1.807) is 0 Å². The summed E-state index contributed by atoms with van der Waals surface area (Å²) in [7, 11) is 0.